The summed E-state index contributed by atoms with van der Waals surface area (Å²) in [4.78, 5) is 11.8. The van der Waals surface area contributed by atoms with Gasteiger partial charge in [0.2, 0.25) is 10.0 Å². The van der Waals surface area contributed by atoms with E-state index in [0.717, 1.165) is 17.8 Å². The molecule has 7 heteroatoms. The number of hydrogen-bond donors (Lipinski definition) is 1. The average molecular weight is 266 g/mol. The molecule has 0 saturated carbocycles. The molecule has 6 nitrogen and oxygen atoms in total. The Balaban J connectivity index is 1.88. The van der Waals surface area contributed by atoms with Gasteiger partial charge < -0.3 is 4.98 Å². The lowest BCUT2D eigenvalue weighted by Gasteiger charge is -2.11. The lowest BCUT2D eigenvalue weighted by Crippen LogP contribution is -2.27. The van der Waals surface area contributed by atoms with Gasteiger partial charge in [0, 0.05) is 25.2 Å². The van der Waals surface area contributed by atoms with Crippen LogP contribution in [0, 0.1) is 0 Å². The van der Waals surface area contributed by atoms with Crippen molar-refractivity contribution >= 4 is 21.2 Å². The number of fused-ring (bicyclic) bond motifs is 1. The van der Waals surface area contributed by atoms with Crippen molar-refractivity contribution in [1.82, 2.24) is 19.3 Å². The lowest BCUT2D eigenvalue weighted by molar-refractivity contribution is 0.477. The normalized spacial score (nSPS) is 21.7. The van der Waals surface area contributed by atoms with Gasteiger partial charge in [0.1, 0.15) is 5.82 Å². The number of sulfonamides is 1. The number of rotatable bonds is 2. The van der Waals surface area contributed by atoms with Gasteiger partial charge in [0.25, 0.3) is 0 Å². The molecule has 0 bridgehead atoms. The third-order valence-corrected chi connectivity index (χ3v) is 4.55. The van der Waals surface area contributed by atoms with Gasteiger partial charge in [-0.2, -0.15) is 0 Å². The summed E-state index contributed by atoms with van der Waals surface area (Å²) in [6.07, 6.45) is 3.74. The van der Waals surface area contributed by atoms with Crippen LogP contribution >= 0.6 is 0 Å². The maximum atomic E-state index is 11.5. The van der Waals surface area contributed by atoms with Crippen LogP contribution in [0.25, 0.3) is 11.2 Å². The Labute approximate surface area is 105 Å². The molecule has 3 heterocycles. The van der Waals surface area contributed by atoms with E-state index < -0.39 is 10.0 Å². The minimum Gasteiger partial charge on any atom is -0.340 e. The molecule has 0 spiro atoms. The predicted octanol–water partition coefficient (Wildman–Crippen LogP) is 0.707. The molecular formula is C11H14N4O2S. The fourth-order valence-corrected chi connectivity index (χ4v) is 3.20. The number of hydrogen-bond acceptors (Lipinski definition) is 4. The molecule has 1 saturated heterocycles. The van der Waals surface area contributed by atoms with Gasteiger partial charge in [-0.05, 0) is 18.6 Å². The molecule has 1 atom stereocenters. The molecule has 3 rings (SSSR count). The molecule has 0 amide bonds. The number of nitrogens with zero attached hydrogens (tertiary/aromatic N) is 3. The van der Waals surface area contributed by atoms with Crippen LogP contribution in [0.5, 0.6) is 0 Å². The van der Waals surface area contributed by atoms with E-state index in [0.29, 0.717) is 18.7 Å². The fourth-order valence-electron chi connectivity index (χ4n) is 2.31. The van der Waals surface area contributed by atoms with Crippen LogP contribution in [0.4, 0.5) is 0 Å². The predicted molar refractivity (Wildman–Crippen MR) is 67.7 cm³/mol. The Morgan fingerprint density at radius 2 is 2.33 bits per heavy atom. The summed E-state index contributed by atoms with van der Waals surface area (Å²) < 4.78 is 24.4. The van der Waals surface area contributed by atoms with Gasteiger partial charge in [-0.25, -0.2) is 22.7 Å². The third kappa shape index (κ3) is 1.99. The smallest absolute Gasteiger partial charge is 0.211 e. The van der Waals surface area contributed by atoms with Crippen LogP contribution in [0.15, 0.2) is 18.3 Å². The molecule has 1 fully saturated rings. The Hall–Kier alpha value is -1.47. The van der Waals surface area contributed by atoms with Crippen molar-refractivity contribution in [2.24, 2.45) is 0 Å². The summed E-state index contributed by atoms with van der Waals surface area (Å²) in [5, 5.41) is 0. The minimum atomic E-state index is -3.10. The second kappa shape index (κ2) is 4.03. The van der Waals surface area contributed by atoms with Crippen molar-refractivity contribution in [3.8, 4) is 0 Å². The first-order valence-corrected chi connectivity index (χ1v) is 7.64. The number of imidazole rings is 1. The van der Waals surface area contributed by atoms with E-state index in [9.17, 15) is 8.42 Å². The van der Waals surface area contributed by atoms with E-state index in [1.807, 2.05) is 12.1 Å². The summed E-state index contributed by atoms with van der Waals surface area (Å²) in [7, 11) is -3.10. The zero-order valence-electron chi connectivity index (χ0n) is 10.00. The second-order valence-electron chi connectivity index (χ2n) is 4.60. The Morgan fingerprint density at radius 3 is 3.00 bits per heavy atom. The summed E-state index contributed by atoms with van der Waals surface area (Å²) >= 11 is 0. The van der Waals surface area contributed by atoms with Crippen LogP contribution in [0.1, 0.15) is 18.2 Å². The number of aromatic nitrogens is 3. The maximum Gasteiger partial charge on any atom is 0.211 e. The maximum absolute atomic E-state index is 11.5. The van der Waals surface area contributed by atoms with E-state index in [1.54, 1.807) is 6.20 Å². The van der Waals surface area contributed by atoms with Crippen molar-refractivity contribution in [3.63, 3.8) is 0 Å². The highest BCUT2D eigenvalue weighted by atomic mass is 32.2. The van der Waals surface area contributed by atoms with Gasteiger partial charge in [-0.15, -0.1) is 0 Å². The number of H-pyrrole nitrogens is 1. The van der Waals surface area contributed by atoms with Crippen molar-refractivity contribution in [2.75, 3.05) is 19.3 Å². The van der Waals surface area contributed by atoms with Crippen molar-refractivity contribution in [1.29, 1.82) is 0 Å². The highest BCUT2D eigenvalue weighted by Gasteiger charge is 2.31. The van der Waals surface area contributed by atoms with Gasteiger partial charge in [0.05, 0.1) is 11.8 Å². The summed E-state index contributed by atoms with van der Waals surface area (Å²) in [6, 6.07) is 3.77. The molecule has 1 aliphatic heterocycles. The largest absolute Gasteiger partial charge is 0.340 e. The highest BCUT2D eigenvalue weighted by Crippen LogP contribution is 2.27. The van der Waals surface area contributed by atoms with Crippen LogP contribution in [-0.2, 0) is 10.0 Å². The first-order chi connectivity index (χ1) is 8.54. The average Bonchev–Trinajstić information content (AvgIpc) is 2.94. The second-order valence-corrected chi connectivity index (χ2v) is 6.59. The molecule has 2 aromatic heterocycles. The molecule has 0 unspecified atom stereocenters. The van der Waals surface area contributed by atoms with Crippen LogP contribution < -0.4 is 0 Å². The quantitative estimate of drug-likeness (QED) is 0.868. The molecular weight excluding hydrogens is 252 g/mol. The SMILES string of the molecule is CS(=O)(=O)N1CC[C@H](c2nc3ncccc3[nH]2)C1. The molecule has 0 radical (unpaired) electrons. The zero-order valence-corrected chi connectivity index (χ0v) is 10.8. The molecule has 18 heavy (non-hydrogen) atoms. The van der Waals surface area contributed by atoms with E-state index >= 15 is 0 Å². The molecule has 0 aliphatic carbocycles. The number of pyridine rings is 1. The van der Waals surface area contributed by atoms with Gasteiger partial charge in [-0.1, -0.05) is 0 Å². The highest BCUT2D eigenvalue weighted by molar-refractivity contribution is 7.88. The van der Waals surface area contributed by atoms with Crippen molar-refractivity contribution in [2.45, 2.75) is 12.3 Å². The third-order valence-electron chi connectivity index (χ3n) is 3.28. The Morgan fingerprint density at radius 1 is 1.50 bits per heavy atom. The minimum absolute atomic E-state index is 0.133. The molecule has 1 aliphatic rings. The monoisotopic (exact) mass is 266 g/mol. The van der Waals surface area contributed by atoms with Gasteiger partial charge in [-0.3, -0.25) is 0 Å². The summed E-state index contributed by atoms with van der Waals surface area (Å²) in [6.45, 7) is 1.06. The van der Waals surface area contributed by atoms with Crippen LogP contribution in [0.3, 0.4) is 0 Å². The number of aromatic amines is 1. The van der Waals surface area contributed by atoms with Crippen molar-refractivity contribution in [3.05, 3.63) is 24.2 Å². The molecule has 1 N–H and O–H groups in total. The molecule has 96 valence electrons. The number of nitrogens with one attached hydrogen (secondary N) is 1. The van der Waals surface area contributed by atoms with E-state index in [-0.39, 0.29) is 5.92 Å². The Bertz CT molecular complexity index is 646. The van der Waals surface area contributed by atoms with Crippen LogP contribution in [0.2, 0.25) is 0 Å². The summed E-state index contributed by atoms with van der Waals surface area (Å²) in [5.74, 6) is 0.962. The van der Waals surface area contributed by atoms with Gasteiger partial charge >= 0.3 is 0 Å². The first kappa shape index (κ1) is 11.6. The zero-order chi connectivity index (χ0) is 12.8. The van der Waals surface area contributed by atoms with E-state index in [1.165, 1.54) is 10.6 Å². The van der Waals surface area contributed by atoms with Crippen LogP contribution in [-0.4, -0.2) is 47.0 Å². The fraction of sp³-hybridized carbons (Fsp3) is 0.455. The van der Waals surface area contributed by atoms with Gasteiger partial charge in [0.15, 0.2) is 5.65 Å². The first-order valence-electron chi connectivity index (χ1n) is 5.80. The topological polar surface area (TPSA) is 79.0 Å². The molecule has 2 aromatic rings. The lowest BCUT2D eigenvalue weighted by atomic mass is 10.1. The van der Waals surface area contributed by atoms with E-state index in [2.05, 4.69) is 15.0 Å². The van der Waals surface area contributed by atoms with E-state index in [4.69, 9.17) is 0 Å². The van der Waals surface area contributed by atoms with Crippen molar-refractivity contribution < 1.29 is 8.42 Å². The summed E-state index contributed by atoms with van der Waals surface area (Å²) in [5.41, 5.74) is 1.58. The standard InChI is InChI=1S/C11H14N4O2S/c1-18(16,17)15-6-4-8(7-15)10-13-9-3-2-5-12-11(9)14-10/h2-3,5,8H,4,6-7H2,1H3,(H,12,13,14)/t8-/m0/s1. The molecule has 0 aromatic carbocycles. The Kier molecular flexibility index (Phi) is 2.60.